The summed E-state index contributed by atoms with van der Waals surface area (Å²) in [4.78, 5) is 21.9. The molecule has 1 aromatic rings. The Morgan fingerprint density at radius 2 is 2.00 bits per heavy atom. The molecule has 1 atom stereocenters. The number of carbonyl (C=O) groups excluding carboxylic acids is 1. The zero-order valence-corrected chi connectivity index (χ0v) is 12.1. The highest BCUT2D eigenvalue weighted by Crippen LogP contribution is 2.16. The molecule has 0 radical (unpaired) electrons. The van der Waals surface area contributed by atoms with Gasteiger partial charge in [0, 0.05) is 12.2 Å². The molecular formula is C12H16N2O6S. The van der Waals surface area contributed by atoms with Crippen LogP contribution < -0.4 is 10.5 Å². The maximum absolute atomic E-state index is 12.1. The van der Waals surface area contributed by atoms with Crippen molar-refractivity contribution in [2.24, 2.45) is 5.73 Å². The fourth-order valence-electron chi connectivity index (χ4n) is 1.65. The molecule has 0 aliphatic rings. The first-order chi connectivity index (χ1) is 9.69. The number of carboxylic acids is 1. The minimum atomic E-state index is -4.15. The molecule has 0 aromatic heterocycles. The fraction of sp³-hybridized carbons (Fsp3) is 0.333. The summed E-state index contributed by atoms with van der Waals surface area (Å²) in [6.07, 6.45) is -0.275. The van der Waals surface area contributed by atoms with Gasteiger partial charge in [-0.3, -0.25) is 9.59 Å². The average molecular weight is 316 g/mol. The average Bonchev–Trinajstić information content (AvgIpc) is 2.37. The lowest BCUT2D eigenvalue weighted by Crippen LogP contribution is -2.41. The van der Waals surface area contributed by atoms with E-state index in [0.29, 0.717) is 5.56 Å². The molecule has 5 N–H and O–H groups in total. The molecule has 0 aliphatic heterocycles. The summed E-state index contributed by atoms with van der Waals surface area (Å²) >= 11 is 0. The predicted octanol–water partition coefficient (Wildman–Crippen LogP) is -0.792. The zero-order chi connectivity index (χ0) is 16.2. The van der Waals surface area contributed by atoms with Gasteiger partial charge in [0.25, 0.3) is 0 Å². The Morgan fingerprint density at radius 1 is 1.38 bits per heavy atom. The highest BCUT2D eigenvalue weighted by atomic mass is 32.2. The van der Waals surface area contributed by atoms with Gasteiger partial charge in [0.1, 0.15) is 6.04 Å². The van der Waals surface area contributed by atoms with E-state index in [-0.39, 0.29) is 16.9 Å². The summed E-state index contributed by atoms with van der Waals surface area (Å²) in [5.41, 5.74) is 5.68. The molecule has 1 amide bonds. The van der Waals surface area contributed by atoms with E-state index in [4.69, 9.17) is 15.9 Å². The highest BCUT2D eigenvalue weighted by Gasteiger charge is 2.25. The van der Waals surface area contributed by atoms with Crippen molar-refractivity contribution in [2.45, 2.75) is 24.3 Å². The van der Waals surface area contributed by atoms with Crippen molar-refractivity contribution in [3.8, 4) is 0 Å². The monoisotopic (exact) mass is 316 g/mol. The molecule has 0 fully saturated rings. The molecule has 8 nitrogen and oxygen atoms in total. The number of rotatable bonds is 7. The lowest BCUT2D eigenvalue weighted by molar-refractivity contribution is -0.139. The number of aryl methyl sites for hydroxylation is 1. The van der Waals surface area contributed by atoms with Crippen LogP contribution in [0, 0.1) is 6.92 Å². The number of hydrogen-bond acceptors (Lipinski definition) is 5. The van der Waals surface area contributed by atoms with Crippen LogP contribution in [0.1, 0.15) is 22.3 Å². The van der Waals surface area contributed by atoms with Crippen molar-refractivity contribution in [2.75, 3.05) is 6.61 Å². The Balaban J connectivity index is 3.16. The maximum atomic E-state index is 12.1. The standard InChI is InChI=1S/C12H16N2O6S/c1-7-2-3-8(6-9(7)11(13)16)21(19,20)14-10(4-5-15)12(17)18/h2-3,6,10,14-15H,4-5H2,1H3,(H2,13,16)(H,17,18). The lowest BCUT2D eigenvalue weighted by Gasteiger charge is -2.14. The van der Waals surface area contributed by atoms with Crippen LogP contribution in [0.25, 0.3) is 0 Å². The normalized spacial score (nSPS) is 12.9. The molecular weight excluding hydrogens is 300 g/mol. The van der Waals surface area contributed by atoms with Crippen LogP contribution in [0.5, 0.6) is 0 Å². The van der Waals surface area contributed by atoms with Gasteiger partial charge in [-0.2, -0.15) is 4.72 Å². The predicted molar refractivity (Wildman–Crippen MR) is 73.1 cm³/mol. The number of amides is 1. The maximum Gasteiger partial charge on any atom is 0.321 e. The van der Waals surface area contributed by atoms with Crippen molar-refractivity contribution in [3.63, 3.8) is 0 Å². The Bertz CT molecular complexity index is 656. The van der Waals surface area contributed by atoms with Crippen molar-refractivity contribution < 1.29 is 28.2 Å². The van der Waals surface area contributed by atoms with Gasteiger partial charge >= 0.3 is 5.97 Å². The van der Waals surface area contributed by atoms with E-state index in [1.807, 2.05) is 4.72 Å². The summed E-state index contributed by atoms with van der Waals surface area (Å²) in [6, 6.07) is 2.26. The number of primary amides is 1. The molecule has 21 heavy (non-hydrogen) atoms. The molecule has 0 saturated heterocycles. The minimum absolute atomic E-state index is 0.0342. The quantitative estimate of drug-likeness (QED) is 0.518. The topological polar surface area (TPSA) is 147 Å². The van der Waals surface area contributed by atoms with Gasteiger partial charge < -0.3 is 15.9 Å². The Hall–Kier alpha value is -1.97. The molecule has 0 saturated carbocycles. The first kappa shape index (κ1) is 17.1. The second-order valence-electron chi connectivity index (χ2n) is 4.37. The van der Waals surface area contributed by atoms with Gasteiger partial charge in [-0.05, 0) is 31.0 Å². The SMILES string of the molecule is Cc1ccc(S(=O)(=O)NC(CCO)C(=O)O)cc1C(N)=O. The number of carbonyl (C=O) groups is 2. The highest BCUT2D eigenvalue weighted by molar-refractivity contribution is 7.89. The summed E-state index contributed by atoms with van der Waals surface area (Å²) in [7, 11) is -4.15. The Kier molecular flexibility index (Phi) is 5.41. The molecule has 0 bridgehead atoms. The van der Waals surface area contributed by atoms with Crippen LogP contribution in [0.2, 0.25) is 0 Å². The number of carboxylic acid groups (broad SMARTS) is 1. The van der Waals surface area contributed by atoms with Gasteiger partial charge in [-0.15, -0.1) is 0 Å². The number of sulfonamides is 1. The second kappa shape index (κ2) is 6.66. The summed E-state index contributed by atoms with van der Waals surface area (Å²) in [5, 5.41) is 17.6. The molecule has 0 spiro atoms. The number of aliphatic hydroxyl groups is 1. The third-order valence-electron chi connectivity index (χ3n) is 2.80. The van der Waals surface area contributed by atoms with Crippen LogP contribution in [-0.4, -0.2) is 43.2 Å². The van der Waals surface area contributed by atoms with Gasteiger partial charge in [-0.1, -0.05) is 6.07 Å². The molecule has 0 aliphatic carbocycles. The van der Waals surface area contributed by atoms with Gasteiger partial charge in [-0.25, -0.2) is 8.42 Å². The number of benzene rings is 1. The zero-order valence-electron chi connectivity index (χ0n) is 11.2. The summed E-state index contributed by atoms with van der Waals surface area (Å²) in [6.45, 7) is 1.11. The third-order valence-corrected chi connectivity index (χ3v) is 4.27. The molecule has 1 rings (SSSR count). The summed E-state index contributed by atoms with van der Waals surface area (Å²) < 4.78 is 26.2. The van der Waals surface area contributed by atoms with E-state index in [0.717, 1.165) is 6.07 Å². The minimum Gasteiger partial charge on any atom is -0.480 e. The van der Waals surface area contributed by atoms with E-state index >= 15 is 0 Å². The van der Waals surface area contributed by atoms with Crippen molar-refractivity contribution in [3.05, 3.63) is 29.3 Å². The molecule has 116 valence electrons. The van der Waals surface area contributed by atoms with E-state index in [1.165, 1.54) is 12.1 Å². The number of nitrogens with one attached hydrogen (secondary N) is 1. The largest absolute Gasteiger partial charge is 0.480 e. The van der Waals surface area contributed by atoms with E-state index < -0.39 is 34.5 Å². The smallest absolute Gasteiger partial charge is 0.321 e. The second-order valence-corrected chi connectivity index (χ2v) is 6.08. The molecule has 1 aromatic carbocycles. The van der Waals surface area contributed by atoms with Crippen LogP contribution in [0.3, 0.4) is 0 Å². The number of nitrogens with two attached hydrogens (primary N) is 1. The Morgan fingerprint density at radius 3 is 2.48 bits per heavy atom. The van der Waals surface area contributed by atoms with Crippen molar-refractivity contribution in [1.29, 1.82) is 0 Å². The fourth-order valence-corrected chi connectivity index (χ4v) is 2.90. The van der Waals surface area contributed by atoms with Gasteiger partial charge in [0.15, 0.2) is 0 Å². The van der Waals surface area contributed by atoms with Crippen molar-refractivity contribution >= 4 is 21.9 Å². The number of aliphatic hydroxyl groups excluding tert-OH is 1. The van der Waals surface area contributed by atoms with Crippen molar-refractivity contribution in [1.82, 2.24) is 4.72 Å². The first-order valence-electron chi connectivity index (χ1n) is 5.95. The van der Waals surface area contributed by atoms with Gasteiger partial charge in [0.05, 0.1) is 4.90 Å². The molecule has 9 heteroatoms. The van der Waals surface area contributed by atoms with Crippen LogP contribution in [0.15, 0.2) is 23.1 Å². The van der Waals surface area contributed by atoms with E-state index in [9.17, 15) is 18.0 Å². The van der Waals surface area contributed by atoms with E-state index in [2.05, 4.69) is 0 Å². The lowest BCUT2D eigenvalue weighted by atomic mass is 10.1. The van der Waals surface area contributed by atoms with Crippen LogP contribution >= 0.6 is 0 Å². The molecule has 0 heterocycles. The number of hydrogen-bond donors (Lipinski definition) is 4. The number of aliphatic carboxylic acids is 1. The third kappa shape index (κ3) is 4.25. The molecule has 1 unspecified atom stereocenters. The first-order valence-corrected chi connectivity index (χ1v) is 7.44. The van der Waals surface area contributed by atoms with E-state index in [1.54, 1.807) is 6.92 Å². The summed E-state index contributed by atoms with van der Waals surface area (Å²) in [5.74, 6) is -2.19. The Labute approximate surface area is 121 Å². The van der Waals surface area contributed by atoms with Crippen LogP contribution in [0.4, 0.5) is 0 Å². The van der Waals surface area contributed by atoms with Gasteiger partial charge in [0.2, 0.25) is 15.9 Å². The van der Waals surface area contributed by atoms with Crippen LogP contribution in [-0.2, 0) is 14.8 Å².